The van der Waals surface area contributed by atoms with Crippen molar-refractivity contribution in [3.8, 4) is 11.9 Å². The molecule has 0 unspecified atom stereocenters. The van der Waals surface area contributed by atoms with E-state index < -0.39 is 0 Å². The molecule has 0 bridgehead atoms. The lowest BCUT2D eigenvalue weighted by atomic mass is 9.96. The molecule has 4 heteroatoms. The molecule has 1 aliphatic rings. The fraction of sp³-hybridized carbons (Fsp3) is 0.412. The molecule has 21 heavy (non-hydrogen) atoms. The molecule has 0 aliphatic heterocycles. The van der Waals surface area contributed by atoms with Crippen LogP contribution in [0.1, 0.15) is 37.7 Å². The molecule has 0 aromatic heterocycles. The van der Waals surface area contributed by atoms with Gasteiger partial charge in [0.15, 0.2) is 6.19 Å². The van der Waals surface area contributed by atoms with Gasteiger partial charge >= 0.3 is 0 Å². The summed E-state index contributed by atoms with van der Waals surface area (Å²) in [6.45, 7) is 0. The SMILES string of the molecule is COc1ccc(/C=C/C(=NC2CCCCC2)NC#N)cc1. The molecule has 4 nitrogen and oxygen atoms in total. The van der Waals surface area contributed by atoms with Crippen LogP contribution in [0.5, 0.6) is 5.75 Å². The summed E-state index contributed by atoms with van der Waals surface area (Å²) in [5.74, 6) is 1.47. The van der Waals surface area contributed by atoms with Crippen LogP contribution in [0, 0.1) is 11.5 Å². The van der Waals surface area contributed by atoms with Crippen LogP contribution in [-0.4, -0.2) is 19.0 Å². The number of hydrogen-bond acceptors (Lipinski definition) is 3. The van der Waals surface area contributed by atoms with Gasteiger partial charge in [-0.05, 0) is 36.6 Å². The maximum atomic E-state index is 8.84. The molecule has 0 atom stereocenters. The van der Waals surface area contributed by atoms with E-state index in [2.05, 4.69) is 10.3 Å². The summed E-state index contributed by atoms with van der Waals surface area (Å²) in [6.07, 6.45) is 11.8. The number of nitrogens with one attached hydrogen (secondary N) is 1. The minimum atomic E-state index is 0.343. The molecule has 1 aliphatic carbocycles. The maximum Gasteiger partial charge on any atom is 0.182 e. The van der Waals surface area contributed by atoms with Crippen molar-refractivity contribution >= 4 is 11.9 Å². The number of nitriles is 1. The lowest BCUT2D eigenvalue weighted by Gasteiger charge is -2.18. The van der Waals surface area contributed by atoms with Crippen molar-refractivity contribution in [2.45, 2.75) is 38.1 Å². The number of rotatable bonds is 4. The molecule has 1 aromatic carbocycles. The van der Waals surface area contributed by atoms with E-state index >= 15 is 0 Å². The number of amidine groups is 1. The summed E-state index contributed by atoms with van der Waals surface area (Å²) in [6, 6.07) is 8.11. The summed E-state index contributed by atoms with van der Waals surface area (Å²) in [4.78, 5) is 4.65. The van der Waals surface area contributed by atoms with E-state index in [-0.39, 0.29) is 0 Å². The molecule has 2 rings (SSSR count). The van der Waals surface area contributed by atoms with Crippen LogP contribution < -0.4 is 10.1 Å². The number of methoxy groups -OCH3 is 1. The highest BCUT2D eigenvalue weighted by Crippen LogP contribution is 2.20. The Morgan fingerprint density at radius 2 is 2.00 bits per heavy atom. The van der Waals surface area contributed by atoms with Gasteiger partial charge < -0.3 is 4.74 Å². The molecular weight excluding hydrogens is 262 g/mol. The van der Waals surface area contributed by atoms with Crippen molar-refractivity contribution in [2.24, 2.45) is 4.99 Å². The minimum absolute atomic E-state index is 0.343. The van der Waals surface area contributed by atoms with Crippen LogP contribution in [0.3, 0.4) is 0 Å². The molecule has 1 N–H and O–H groups in total. The Bertz CT molecular complexity index is 534. The monoisotopic (exact) mass is 283 g/mol. The topological polar surface area (TPSA) is 57.4 Å². The van der Waals surface area contributed by atoms with Crippen LogP contribution in [0.4, 0.5) is 0 Å². The number of ether oxygens (including phenoxy) is 1. The molecule has 1 saturated carbocycles. The lowest BCUT2D eigenvalue weighted by Crippen LogP contribution is -2.20. The molecule has 0 spiro atoms. The molecule has 1 aromatic rings. The van der Waals surface area contributed by atoms with Gasteiger partial charge in [0, 0.05) is 0 Å². The van der Waals surface area contributed by atoms with Crippen LogP contribution in [-0.2, 0) is 0 Å². The first kappa shape index (κ1) is 15.1. The van der Waals surface area contributed by atoms with Gasteiger partial charge in [-0.3, -0.25) is 10.3 Å². The van der Waals surface area contributed by atoms with Gasteiger partial charge in [0.2, 0.25) is 0 Å². The van der Waals surface area contributed by atoms with Gasteiger partial charge in [-0.25, -0.2) is 0 Å². The normalized spacial score (nSPS) is 16.7. The van der Waals surface area contributed by atoms with E-state index in [4.69, 9.17) is 10.00 Å². The zero-order valence-corrected chi connectivity index (χ0v) is 12.4. The zero-order chi connectivity index (χ0) is 14.9. The van der Waals surface area contributed by atoms with Crippen molar-refractivity contribution < 1.29 is 4.74 Å². The first-order chi connectivity index (χ1) is 10.3. The Hall–Kier alpha value is -2.28. The Kier molecular flexibility index (Phi) is 5.83. The second kappa shape index (κ2) is 8.11. The van der Waals surface area contributed by atoms with Crippen molar-refractivity contribution in [3.05, 3.63) is 35.9 Å². The standard InChI is InChI=1S/C17H21N3O/c1-21-16-10-7-14(8-11-16)9-12-17(19-13-18)20-15-5-3-2-4-6-15/h7-12,15H,2-6H2,1H3,(H,19,20)/b12-9+. The van der Waals surface area contributed by atoms with Gasteiger partial charge in [-0.15, -0.1) is 0 Å². The van der Waals surface area contributed by atoms with Crippen molar-refractivity contribution in [2.75, 3.05) is 7.11 Å². The molecule has 1 fully saturated rings. The summed E-state index contributed by atoms with van der Waals surface area (Å²) in [7, 11) is 1.65. The second-order valence-corrected chi connectivity index (χ2v) is 5.15. The van der Waals surface area contributed by atoms with Crippen molar-refractivity contribution in [3.63, 3.8) is 0 Å². The third kappa shape index (κ3) is 4.96. The first-order valence-electron chi connectivity index (χ1n) is 7.37. The smallest absolute Gasteiger partial charge is 0.182 e. The first-order valence-corrected chi connectivity index (χ1v) is 7.37. The summed E-state index contributed by atoms with van der Waals surface area (Å²) >= 11 is 0. The number of aliphatic imine (C=N–C) groups is 1. The average Bonchev–Trinajstić information content (AvgIpc) is 2.54. The number of benzene rings is 1. The Morgan fingerprint density at radius 1 is 1.29 bits per heavy atom. The fourth-order valence-corrected chi connectivity index (χ4v) is 2.47. The van der Waals surface area contributed by atoms with E-state index in [1.807, 2.05) is 42.6 Å². The minimum Gasteiger partial charge on any atom is -0.497 e. The van der Waals surface area contributed by atoms with Crippen molar-refractivity contribution in [1.82, 2.24) is 5.32 Å². The van der Waals surface area contributed by atoms with Crippen LogP contribution in [0.15, 0.2) is 35.3 Å². The highest BCUT2D eigenvalue weighted by atomic mass is 16.5. The molecule has 0 radical (unpaired) electrons. The molecule has 0 saturated heterocycles. The molecule has 0 heterocycles. The van der Waals surface area contributed by atoms with E-state index in [0.717, 1.165) is 24.2 Å². The van der Waals surface area contributed by atoms with Crippen LogP contribution >= 0.6 is 0 Å². The van der Waals surface area contributed by atoms with E-state index in [9.17, 15) is 0 Å². The summed E-state index contributed by atoms with van der Waals surface area (Å²) < 4.78 is 5.13. The predicted molar refractivity (Wildman–Crippen MR) is 85.1 cm³/mol. The maximum absolute atomic E-state index is 8.84. The highest BCUT2D eigenvalue weighted by Gasteiger charge is 2.12. The number of nitrogens with zero attached hydrogens (tertiary/aromatic N) is 2. The quantitative estimate of drug-likeness (QED) is 0.398. The molecular formula is C17H21N3O. The van der Waals surface area contributed by atoms with Crippen molar-refractivity contribution in [1.29, 1.82) is 5.26 Å². The third-order valence-electron chi connectivity index (χ3n) is 3.63. The van der Waals surface area contributed by atoms with Gasteiger partial charge in [0.25, 0.3) is 0 Å². The van der Waals surface area contributed by atoms with Crippen LogP contribution in [0.2, 0.25) is 0 Å². The van der Waals surface area contributed by atoms with Gasteiger partial charge in [-0.2, -0.15) is 5.26 Å². The predicted octanol–water partition coefficient (Wildman–Crippen LogP) is 3.51. The summed E-state index contributed by atoms with van der Waals surface area (Å²) in [5.41, 5.74) is 1.05. The largest absolute Gasteiger partial charge is 0.497 e. The van der Waals surface area contributed by atoms with E-state index in [1.54, 1.807) is 7.11 Å². The average molecular weight is 283 g/mol. The second-order valence-electron chi connectivity index (χ2n) is 5.15. The fourth-order valence-electron chi connectivity index (χ4n) is 2.47. The Morgan fingerprint density at radius 3 is 2.62 bits per heavy atom. The van der Waals surface area contributed by atoms with Gasteiger partial charge in [0.1, 0.15) is 11.6 Å². The van der Waals surface area contributed by atoms with Gasteiger partial charge in [-0.1, -0.05) is 37.5 Å². The van der Waals surface area contributed by atoms with Gasteiger partial charge in [0.05, 0.1) is 13.2 Å². The number of hydrogen-bond donors (Lipinski definition) is 1. The molecule has 0 amide bonds. The van der Waals surface area contributed by atoms with E-state index in [1.165, 1.54) is 19.3 Å². The zero-order valence-electron chi connectivity index (χ0n) is 12.4. The van der Waals surface area contributed by atoms with E-state index in [0.29, 0.717) is 11.9 Å². The third-order valence-corrected chi connectivity index (χ3v) is 3.63. The summed E-state index contributed by atoms with van der Waals surface area (Å²) in [5, 5.41) is 11.5. The Balaban J connectivity index is 2.05. The Labute approximate surface area is 126 Å². The lowest BCUT2D eigenvalue weighted by molar-refractivity contribution is 0.415. The highest BCUT2D eigenvalue weighted by molar-refractivity contribution is 5.97. The van der Waals surface area contributed by atoms with Crippen LogP contribution in [0.25, 0.3) is 6.08 Å². The molecule has 110 valence electrons.